The van der Waals surface area contributed by atoms with Crippen LogP contribution in [0.4, 0.5) is 0 Å². The number of hydrogen-bond donors (Lipinski definition) is 0. The van der Waals surface area contributed by atoms with Crippen LogP contribution >= 0.6 is 17.0 Å². The molecule has 0 N–H and O–H groups in total. The van der Waals surface area contributed by atoms with Crippen LogP contribution in [0.15, 0.2) is 109 Å². The molecule has 8 rings (SSSR count). The summed E-state index contributed by atoms with van der Waals surface area (Å²) in [6.07, 6.45) is 15.1. The van der Waals surface area contributed by atoms with Crippen LogP contribution in [0.2, 0.25) is 13.1 Å². The van der Waals surface area contributed by atoms with Gasteiger partial charge in [-0.05, 0) is 65.7 Å². The molecule has 0 spiro atoms. The maximum atomic E-state index is 4.93. The fraction of sp³-hybridized carbons (Fsp3) is 0.388. The van der Waals surface area contributed by atoms with Gasteiger partial charge in [0, 0.05) is 9.52 Å². The van der Waals surface area contributed by atoms with Gasteiger partial charge in [0.15, 0.2) is 0 Å². The predicted octanol–water partition coefficient (Wildman–Crippen LogP) is 16.5. The van der Waals surface area contributed by atoms with Gasteiger partial charge in [-0.15, -0.1) is 69.1 Å². The van der Waals surface area contributed by atoms with Crippen molar-refractivity contribution < 1.29 is 20.8 Å². The second-order valence-corrected chi connectivity index (χ2v) is 20.0. The van der Waals surface area contributed by atoms with Crippen LogP contribution in [0.25, 0.3) is 43.8 Å². The van der Waals surface area contributed by atoms with Gasteiger partial charge in [-0.1, -0.05) is 151 Å². The summed E-state index contributed by atoms with van der Waals surface area (Å²) in [6, 6.07) is 41.5. The monoisotopic (exact) mass is 834 g/mol. The Morgan fingerprint density at radius 2 is 1.06 bits per heavy atom. The van der Waals surface area contributed by atoms with Crippen molar-refractivity contribution in [2.24, 2.45) is 0 Å². The Morgan fingerprint density at radius 3 is 1.49 bits per heavy atom. The molecule has 4 heteroatoms. The summed E-state index contributed by atoms with van der Waals surface area (Å²) < 4.78 is 0. The van der Waals surface area contributed by atoms with Crippen LogP contribution < -0.4 is 0 Å². The van der Waals surface area contributed by atoms with Crippen LogP contribution in [0.3, 0.4) is 0 Å². The second kappa shape index (κ2) is 21.8. The minimum atomic E-state index is -0.826. The van der Waals surface area contributed by atoms with Crippen molar-refractivity contribution in [1.82, 2.24) is 0 Å². The van der Waals surface area contributed by atoms with Crippen molar-refractivity contribution in [3.05, 3.63) is 131 Å². The molecular weight excluding hydrogens is 779 g/mol. The van der Waals surface area contributed by atoms with E-state index < -0.39 is 20.8 Å². The molecule has 2 fully saturated rings. The van der Waals surface area contributed by atoms with E-state index in [4.69, 9.17) is 17.0 Å². The molecule has 0 amide bonds. The number of benzene rings is 4. The summed E-state index contributed by atoms with van der Waals surface area (Å²) in [7, 11) is 11.0. The molecule has 1 unspecified atom stereocenters. The van der Waals surface area contributed by atoms with Gasteiger partial charge in [-0.3, -0.25) is 0 Å². The van der Waals surface area contributed by atoms with Gasteiger partial charge in [-0.2, -0.15) is 12.1 Å². The van der Waals surface area contributed by atoms with Gasteiger partial charge in [-0.25, -0.2) is 0 Å². The second-order valence-electron chi connectivity index (χ2n) is 15.2. The molecule has 276 valence electrons. The number of halogens is 2. The van der Waals surface area contributed by atoms with E-state index in [-0.39, 0.29) is 0 Å². The molecule has 53 heavy (non-hydrogen) atoms. The summed E-state index contributed by atoms with van der Waals surface area (Å²) in [4.78, 5) is 0. The van der Waals surface area contributed by atoms with Crippen molar-refractivity contribution in [2.75, 3.05) is 0 Å². The van der Waals surface area contributed by atoms with Gasteiger partial charge in [0.1, 0.15) is 0 Å². The molecule has 1 atom stereocenters. The molecule has 0 saturated heterocycles. The van der Waals surface area contributed by atoms with Gasteiger partial charge in [0.25, 0.3) is 0 Å². The summed E-state index contributed by atoms with van der Waals surface area (Å²) in [6.45, 7) is 11.1. The molecule has 0 aliphatic heterocycles. The zero-order chi connectivity index (χ0) is 37.6. The summed E-state index contributed by atoms with van der Waals surface area (Å²) in [5.74, 6) is 2.21. The SMILES string of the molecule is CCC(C)c1cc2c(-c3ccc(C4CCCCC4)cc3)cccc2[cH-]1.C[Si]C.Cc1cc2c(-c3ccc(C4CCCCC4)cc3)cccc2[cH-]1.[Cl][Zr+2][Cl]. The third-order valence-corrected chi connectivity index (χ3v) is 11.4. The first-order valence-electron chi connectivity index (χ1n) is 20.0. The fourth-order valence-electron chi connectivity index (χ4n) is 8.41. The van der Waals surface area contributed by atoms with E-state index in [0.29, 0.717) is 5.92 Å². The van der Waals surface area contributed by atoms with Crippen molar-refractivity contribution >= 4 is 48.1 Å². The third-order valence-electron chi connectivity index (χ3n) is 11.4. The van der Waals surface area contributed by atoms with Crippen LogP contribution in [-0.2, 0) is 20.8 Å². The van der Waals surface area contributed by atoms with Crippen molar-refractivity contribution in [1.29, 1.82) is 0 Å². The number of fused-ring (bicyclic) bond motifs is 2. The molecule has 2 radical (unpaired) electrons. The molecule has 0 heterocycles. The summed E-state index contributed by atoms with van der Waals surface area (Å²) in [5, 5.41) is 5.52. The Hall–Kier alpha value is -2.22. The molecule has 0 bridgehead atoms. The van der Waals surface area contributed by atoms with Crippen molar-refractivity contribution in [3.8, 4) is 22.3 Å². The van der Waals surface area contributed by atoms with Gasteiger partial charge in [0.2, 0.25) is 0 Å². The molecule has 2 aliphatic carbocycles. The average Bonchev–Trinajstić information content (AvgIpc) is 3.83. The van der Waals surface area contributed by atoms with Crippen molar-refractivity contribution in [3.63, 3.8) is 0 Å². The zero-order valence-electron chi connectivity index (χ0n) is 32.7. The molecule has 6 aromatic carbocycles. The predicted molar refractivity (Wildman–Crippen MR) is 234 cm³/mol. The molecular formula is C49H58Cl2SiZr. The standard InChI is InChI=1S/C25H29.C22H23.C2H6Si.2ClH.Zr/c1-3-18(2)23-16-22-10-7-11-24(25(22)17-23)21-14-12-20(13-15-21)19-8-5-4-6-9-19;1-16-14-20-8-5-9-21(22(20)15-16)19-12-10-18(11-13-19)17-6-3-2-4-7-17;1-3-2;;;/h7,10-19H,3-6,8-9H2,1-2H3;5,8-15,17H,2-4,6-7H2,1H3;1-2H3;2*1H;/q2*-1;;;;+4/p-2. The number of rotatable bonds is 6. The van der Waals surface area contributed by atoms with Crippen LogP contribution in [0.5, 0.6) is 0 Å². The number of hydrogen-bond acceptors (Lipinski definition) is 0. The first-order valence-corrected chi connectivity index (χ1v) is 28.3. The molecule has 2 aliphatic rings. The van der Waals surface area contributed by atoms with E-state index in [2.05, 4.69) is 143 Å². The van der Waals surface area contributed by atoms with E-state index in [0.717, 1.165) is 21.4 Å². The first kappa shape index (κ1) is 41.9. The van der Waals surface area contributed by atoms with Crippen LogP contribution in [0, 0.1) is 6.92 Å². The first-order chi connectivity index (χ1) is 25.9. The Bertz CT molecular complexity index is 1940. The normalized spacial score (nSPS) is 15.3. The fourth-order valence-corrected chi connectivity index (χ4v) is 8.41. The number of aryl methyl sites for hydroxylation is 1. The quantitative estimate of drug-likeness (QED) is 0.116. The molecule has 0 nitrogen and oxygen atoms in total. The van der Waals surface area contributed by atoms with E-state index in [9.17, 15) is 0 Å². The van der Waals surface area contributed by atoms with E-state index >= 15 is 0 Å². The topological polar surface area (TPSA) is 0 Å². The molecule has 0 aromatic heterocycles. The van der Waals surface area contributed by atoms with E-state index in [1.807, 2.05) is 0 Å². The average molecular weight is 837 g/mol. The Labute approximate surface area is 342 Å². The Balaban J connectivity index is 0.000000179. The Kier molecular flexibility index (Phi) is 17.2. The van der Waals surface area contributed by atoms with Crippen molar-refractivity contribution in [2.45, 2.75) is 122 Å². The van der Waals surface area contributed by atoms with Gasteiger partial charge in [0.05, 0.1) is 0 Å². The van der Waals surface area contributed by atoms with Gasteiger partial charge < -0.3 is 0 Å². The van der Waals surface area contributed by atoms with E-state index in [1.165, 1.54) is 131 Å². The van der Waals surface area contributed by atoms with Gasteiger partial charge >= 0.3 is 37.9 Å². The summed E-state index contributed by atoms with van der Waals surface area (Å²) >= 11 is -0.826. The van der Waals surface area contributed by atoms with Crippen LogP contribution in [0.1, 0.15) is 124 Å². The maximum absolute atomic E-state index is 4.93. The van der Waals surface area contributed by atoms with Crippen LogP contribution in [-0.4, -0.2) is 9.52 Å². The third kappa shape index (κ3) is 11.4. The minimum absolute atomic E-state index is 0.633. The summed E-state index contributed by atoms with van der Waals surface area (Å²) in [5.41, 5.74) is 11.3. The molecule has 6 aromatic rings. The molecule has 2 saturated carbocycles. The van der Waals surface area contributed by atoms with E-state index in [1.54, 1.807) is 5.56 Å². The Morgan fingerprint density at radius 1 is 0.642 bits per heavy atom. The zero-order valence-corrected chi connectivity index (χ0v) is 37.6.